The highest BCUT2D eigenvalue weighted by Gasteiger charge is 2.27. The number of amides is 1. The molecule has 0 spiro atoms. The molecule has 0 fully saturated rings. The molecular weight excluding hydrogens is 268 g/mol. The van der Waals surface area contributed by atoms with Gasteiger partial charge < -0.3 is 9.51 Å². The number of nitrogens with zero attached hydrogens (tertiary/aromatic N) is 2. The first kappa shape index (κ1) is 13.9. The Bertz CT molecular complexity index is 651. The molecule has 0 aromatic carbocycles. The first-order chi connectivity index (χ1) is 9.93. The first-order valence-corrected chi connectivity index (χ1v) is 7.22. The van der Waals surface area contributed by atoms with E-state index in [4.69, 9.17) is 4.52 Å². The highest BCUT2D eigenvalue weighted by molar-refractivity contribution is 5.91. The third-order valence-corrected chi connectivity index (χ3v) is 3.88. The molecule has 1 amide bonds. The Kier molecular flexibility index (Phi) is 3.31. The molecule has 2 aromatic heterocycles. The van der Waals surface area contributed by atoms with Crippen LogP contribution in [0.25, 0.3) is 0 Å². The van der Waals surface area contributed by atoms with Gasteiger partial charge in [-0.15, -0.1) is 0 Å². The van der Waals surface area contributed by atoms with E-state index in [-0.39, 0.29) is 17.2 Å². The van der Waals surface area contributed by atoms with Gasteiger partial charge in [0.2, 0.25) is 11.8 Å². The minimum absolute atomic E-state index is 0.0214. The van der Waals surface area contributed by atoms with Gasteiger partial charge in [0.25, 0.3) is 0 Å². The number of imidazole rings is 1. The number of nitrogens with one attached hydrogen (secondary N) is 2. The van der Waals surface area contributed by atoms with E-state index in [1.165, 1.54) is 0 Å². The van der Waals surface area contributed by atoms with Crippen LogP contribution in [0.1, 0.15) is 44.3 Å². The zero-order chi connectivity index (χ0) is 15.0. The van der Waals surface area contributed by atoms with Crippen LogP contribution in [0.4, 0.5) is 5.88 Å². The maximum Gasteiger partial charge on any atom is 0.231 e. The van der Waals surface area contributed by atoms with Gasteiger partial charge in [-0.25, -0.2) is 4.98 Å². The summed E-state index contributed by atoms with van der Waals surface area (Å²) in [4.78, 5) is 19.7. The Labute approximate surface area is 123 Å². The molecule has 6 heteroatoms. The van der Waals surface area contributed by atoms with Crippen LogP contribution in [0.5, 0.6) is 0 Å². The second-order valence-electron chi connectivity index (χ2n) is 6.58. The van der Waals surface area contributed by atoms with Crippen molar-refractivity contribution < 1.29 is 9.32 Å². The second-order valence-corrected chi connectivity index (χ2v) is 6.58. The number of hydrogen-bond acceptors (Lipinski definition) is 4. The molecule has 1 aliphatic rings. The number of rotatable bonds is 2. The van der Waals surface area contributed by atoms with Crippen LogP contribution in [0.2, 0.25) is 0 Å². The van der Waals surface area contributed by atoms with E-state index in [0.29, 0.717) is 12.3 Å². The molecule has 0 aliphatic heterocycles. The quantitative estimate of drug-likeness (QED) is 0.889. The molecule has 0 bridgehead atoms. The number of anilines is 1. The molecule has 6 nitrogen and oxygen atoms in total. The van der Waals surface area contributed by atoms with E-state index in [9.17, 15) is 4.79 Å². The Morgan fingerprint density at radius 3 is 3.00 bits per heavy atom. The predicted octanol–water partition coefficient (Wildman–Crippen LogP) is 2.44. The Morgan fingerprint density at radius 2 is 2.29 bits per heavy atom. The third-order valence-electron chi connectivity index (χ3n) is 3.88. The van der Waals surface area contributed by atoms with Crippen molar-refractivity contribution in [1.29, 1.82) is 0 Å². The number of hydrogen-bond donors (Lipinski definition) is 2. The topological polar surface area (TPSA) is 83.8 Å². The minimum atomic E-state index is -0.0951. The molecule has 0 unspecified atom stereocenters. The first-order valence-electron chi connectivity index (χ1n) is 7.22. The fourth-order valence-corrected chi connectivity index (χ4v) is 2.54. The van der Waals surface area contributed by atoms with Crippen molar-refractivity contribution in [1.82, 2.24) is 15.1 Å². The summed E-state index contributed by atoms with van der Waals surface area (Å²) in [6, 6.07) is 1.79. The normalized spacial score (nSPS) is 18.3. The molecule has 0 saturated carbocycles. The molecule has 21 heavy (non-hydrogen) atoms. The highest BCUT2D eigenvalue weighted by atomic mass is 16.5. The Balaban J connectivity index is 1.66. The summed E-state index contributed by atoms with van der Waals surface area (Å²) in [5, 5.41) is 6.83. The highest BCUT2D eigenvalue weighted by Crippen LogP contribution is 2.26. The fourth-order valence-electron chi connectivity index (χ4n) is 2.54. The molecule has 2 heterocycles. The van der Waals surface area contributed by atoms with E-state index < -0.39 is 0 Å². The van der Waals surface area contributed by atoms with E-state index in [1.807, 2.05) is 0 Å². The maximum absolute atomic E-state index is 12.3. The van der Waals surface area contributed by atoms with Crippen LogP contribution < -0.4 is 5.32 Å². The molecule has 2 aromatic rings. The molecule has 0 saturated heterocycles. The van der Waals surface area contributed by atoms with Gasteiger partial charge in [-0.1, -0.05) is 25.9 Å². The summed E-state index contributed by atoms with van der Waals surface area (Å²) >= 11 is 0. The number of aromatic nitrogens is 3. The average molecular weight is 288 g/mol. The standard InChI is InChI=1S/C15H20N4O2/c1-15(2,3)12-7-13(21-19-12)18-14(20)9-4-5-10-11(6-9)17-8-16-10/h7-9H,4-6H2,1-3H3,(H,16,17)(H,18,20)/t9-/m0/s1. The molecule has 2 N–H and O–H groups in total. The van der Waals surface area contributed by atoms with E-state index in [1.54, 1.807) is 12.4 Å². The lowest BCUT2D eigenvalue weighted by molar-refractivity contribution is -0.120. The zero-order valence-corrected chi connectivity index (χ0v) is 12.6. The number of carbonyl (C=O) groups is 1. The summed E-state index contributed by atoms with van der Waals surface area (Å²) < 4.78 is 5.20. The smallest absolute Gasteiger partial charge is 0.231 e. The summed E-state index contributed by atoms with van der Waals surface area (Å²) in [5.74, 6) is 0.341. The van der Waals surface area contributed by atoms with Crippen molar-refractivity contribution >= 4 is 11.8 Å². The number of aryl methyl sites for hydroxylation is 1. The summed E-state index contributed by atoms with van der Waals surface area (Å²) in [7, 11) is 0. The van der Waals surface area contributed by atoms with Gasteiger partial charge in [0.1, 0.15) is 0 Å². The molecular formula is C15H20N4O2. The largest absolute Gasteiger partial charge is 0.348 e. The maximum atomic E-state index is 12.3. The van der Waals surface area contributed by atoms with Gasteiger partial charge in [0, 0.05) is 29.5 Å². The van der Waals surface area contributed by atoms with E-state index >= 15 is 0 Å². The van der Waals surface area contributed by atoms with Crippen molar-refractivity contribution in [2.75, 3.05) is 5.32 Å². The summed E-state index contributed by atoms with van der Waals surface area (Å²) in [6.45, 7) is 6.16. The van der Waals surface area contributed by atoms with Gasteiger partial charge in [0.05, 0.1) is 17.7 Å². The molecule has 1 aliphatic carbocycles. The van der Waals surface area contributed by atoms with Crippen molar-refractivity contribution in [3.05, 3.63) is 29.5 Å². The van der Waals surface area contributed by atoms with E-state index in [0.717, 1.165) is 29.9 Å². The van der Waals surface area contributed by atoms with Crippen molar-refractivity contribution in [3.63, 3.8) is 0 Å². The van der Waals surface area contributed by atoms with Crippen LogP contribution in [0, 0.1) is 5.92 Å². The van der Waals surface area contributed by atoms with Gasteiger partial charge in [-0.3, -0.25) is 10.1 Å². The number of H-pyrrole nitrogens is 1. The van der Waals surface area contributed by atoms with Crippen LogP contribution in [0.3, 0.4) is 0 Å². The molecule has 0 radical (unpaired) electrons. The fraction of sp³-hybridized carbons (Fsp3) is 0.533. The lowest BCUT2D eigenvalue weighted by Crippen LogP contribution is -2.28. The van der Waals surface area contributed by atoms with Gasteiger partial charge in [-0.05, 0) is 12.8 Å². The molecule has 1 atom stereocenters. The van der Waals surface area contributed by atoms with Gasteiger partial charge in [0.15, 0.2) is 0 Å². The van der Waals surface area contributed by atoms with Crippen LogP contribution in [-0.4, -0.2) is 21.0 Å². The number of fused-ring (bicyclic) bond motifs is 1. The monoisotopic (exact) mass is 288 g/mol. The van der Waals surface area contributed by atoms with Crippen molar-refractivity contribution in [3.8, 4) is 0 Å². The zero-order valence-electron chi connectivity index (χ0n) is 12.6. The molecule has 3 rings (SSSR count). The lowest BCUT2D eigenvalue weighted by atomic mass is 9.89. The SMILES string of the molecule is CC(C)(C)c1cc(NC(=O)[C@H]2CCc3nc[nH]c3C2)on1. The van der Waals surface area contributed by atoms with Crippen LogP contribution in [0.15, 0.2) is 16.9 Å². The lowest BCUT2D eigenvalue weighted by Gasteiger charge is -2.19. The van der Waals surface area contributed by atoms with Crippen LogP contribution in [-0.2, 0) is 23.1 Å². The van der Waals surface area contributed by atoms with Crippen molar-refractivity contribution in [2.24, 2.45) is 5.92 Å². The summed E-state index contributed by atoms with van der Waals surface area (Å²) in [6.07, 6.45) is 4.03. The number of carbonyl (C=O) groups excluding carboxylic acids is 1. The Morgan fingerprint density at radius 1 is 1.48 bits per heavy atom. The van der Waals surface area contributed by atoms with E-state index in [2.05, 4.69) is 41.2 Å². The minimum Gasteiger partial charge on any atom is -0.348 e. The number of aromatic amines is 1. The van der Waals surface area contributed by atoms with Crippen LogP contribution >= 0.6 is 0 Å². The summed E-state index contributed by atoms with van der Waals surface area (Å²) in [5.41, 5.74) is 2.88. The second kappa shape index (κ2) is 5.02. The predicted molar refractivity (Wildman–Crippen MR) is 77.9 cm³/mol. The average Bonchev–Trinajstić information content (AvgIpc) is 3.04. The van der Waals surface area contributed by atoms with Gasteiger partial charge >= 0.3 is 0 Å². The third kappa shape index (κ3) is 2.84. The molecule has 112 valence electrons. The van der Waals surface area contributed by atoms with Crippen molar-refractivity contribution in [2.45, 2.75) is 45.4 Å². The Hall–Kier alpha value is -2.11. The van der Waals surface area contributed by atoms with Gasteiger partial charge in [-0.2, -0.15) is 0 Å².